The van der Waals surface area contributed by atoms with Crippen molar-refractivity contribution in [2.45, 2.75) is 57.0 Å². The molecule has 1 heterocycles. The van der Waals surface area contributed by atoms with Crippen molar-refractivity contribution in [1.82, 2.24) is 10.2 Å². The lowest BCUT2D eigenvalue weighted by Gasteiger charge is -2.40. The monoisotopic (exact) mass is 356 g/mol. The van der Waals surface area contributed by atoms with Crippen LogP contribution < -0.4 is 11.1 Å². The number of guanidine groups is 1. The zero-order valence-corrected chi connectivity index (χ0v) is 15.9. The Balaban J connectivity index is 1.75. The van der Waals surface area contributed by atoms with Gasteiger partial charge in [-0.25, -0.2) is 0 Å². The quantitative estimate of drug-likeness (QED) is 0.467. The van der Waals surface area contributed by atoms with Crippen molar-refractivity contribution >= 4 is 12.2 Å². The molecule has 0 saturated heterocycles. The number of rotatable bonds is 6. The second-order valence-electron chi connectivity index (χ2n) is 7.95. The smallest absolute Gasteiger partial charge is 0.189 e. The lowest BCUT2D eigenvalue weighted by atomic mass is 9.79. The van der Waals surface area contributed by atoms with Crippen molar-refractivity contribution in [3.63, 3.8) is 0 Å². The first-order valence-corrected chi connectivity index (χ1v) is 9.90. The van der Waals surface area contributed by atoms with Gasteiger partial charge in [0.25, 0.3) is 0 Å². The molecule has 3 N–H and O–H groups in total. The van der Waals surface area contributed by atoms with E-state index in [-0.39, 0.29) is 0 Å². The Morgan fingerprint density at radius 1 is 1.31 bits per heavy atom. The van der Waals surface area contributed by atoms with Crippen LogP contribution in [0.3, 0.4) is 0 Å². The van der Waals surface area contributed by atoms with Crippen molar-refractivity contribution in [3.8, 4) is 0 Å². The van der Waals surface area contributed by atoms with Crippen molar-refractivity contribution in [2.24, 2.45) is 16.6 Å². The summed E-state index contributed by atoms with van der Waals surface area (Å²) in [5.74, 6) is 0.938. The highest BCUT2D eigenvalue weighted by Gasteiger charge is 2.36. The van der Waals surface area contributed by atoms with Gasteiger partial charge in [-0.3, -0.25) is 9.89 Å². The van der Waals surface area contributed by atoms with E-state index < -0.39 is 5.54 Å². The fourth-order valence-corrected chi connectivity index (χ4v) is 4.58. The third-order valence-electron chi connectivity index (χ3n) is 5.94. The van der Waals surface area contributed by atoms with Gasteiger partial charge in [0.1, 0.15) is 11.8 Å². The van der Waals surface area contributed by atoms with Gasteiger partial charge in [-0.2, -0.15) is 0 Å². The summed E-state index contributed by atoms with van der Waals surface area (Å²) in [6.45, 7) is 2.54. The Morgan fingerprint density at radius 2 is 2.04 bits per heavy atom. The first kappa shape index (κ1) is 18.9. The lowest BCUT2D eigenvalue weighted by Crippen LogP contribution is -2.60. The third kappa shape index (κ3) is 4.64. The van der Waals surface area contributed by atoms with Crippen LogP contribution in [0.1, 0.15) is 49.7 Å². The number of hydrogen-bond acceptors (Lipinski definition) is 3. The molecule has 3 rings (SSSR count). The number of fused-ring (bicyclic) bond motifs is 1. The first-order chi connectivity index (χ1) is 12.6. The van der Waals surface area contributed by atoms with Gasteiger partial charge >= 0.3 is 0 Å². The molecule has 0 amide bonds. The number of carbonyl (C=O) groups is 1. The molecule has 0 aromatic heterocycles. The van der Waals surface area contributed by atoms with Gasteiger partial charge in [0.05, 0.1) is 0 Å². The molecule has 1 aliphatic heterocycles. The molecule has 0 radical (unpaired) electrons. The average molecular weight is 357 g/mol. The van der Waals surface area contributed by atoms with Crippen LogP contribution in [0.15, 0.2) is 29.3 Å². The maximum atomic E-state index is 12.3. The molecule has 1 aromatic carbocycles. The molecule has 1 fully saturated rings. The zero-order valence-electron chi connectivity index (χ0n) is 15.9. The van der Waals surface area contributed by atoms with Crippen LogP contribution in [0, 0.1) is 5.92 Å². The van der Waals surface area contributed by atoms with E-state index in [0.717, 1.165) is 32.2 Å². The molecule has 1 aliphatic carbocycles. The van der Waals surface area contributed by atoms with Gasteiger partial charge in [-0.15, -0.1) is 0 Å². The van der Waals surface area contributed by atoms with Crippen molar-refractivity contribution in [2.75, 3.05) is 20.1 Å². The average Bonchev–Trinajstić information content (AvgIpc) is 2.68. The maximum Gasteiger partial charge on any atom is 0.189 e. The van der Waals surface area contributed by atoms with Crippen molar-refractivity contribution in [1.29, 1.82) is 0 Å². The molecule has 142 valence electrons. The summed E-state index contributed by atoms with van der Waals surface area (Å²) in [6, 6.07) is 8.60. The highest BCUT2D eigenvalue weighted by atomic mass is 16.1. The van der Waals surface area contributed by atoms with E-state index in [2.05, 4.69) is 39.5 Å². The van der Waals surface area contributed by atoms with Crippen LogP contribution in [0.2, 0.25) is 0 Å². The zero-order chi connectivity index (χ0) is 18.4. The molecule has 26 heavy (non-hydrogen) atoms. The number of nitrogens with zero attached hydrogens (tertiary/aromatic N) is 2. The van der Waals surface area contributed by atoms with Crippen molar-refractivity contribution < 1.29 is 4.79 Å². The van der Waals surface area contributed by atoms with Gasteiger partial charge in [0.15, 0.2) is 5.96 Å². The van der Waals surface area contributed by atoms with Crippen LogP contribution in [-0.2, 0) is 17.8 Å². The summed E-state index contributed by atoms with van der Waals surface area (Å²) in [6.07, 6.45) is 9.24. The SMILES string of the molecule is CN=C(N)NC(C=O)(CC1CCCCC1)CN1CCc2ccccc2C1. The van der Waals surface area contributed by atoms with Crippen LogP contribution in [0.4, 0.5) is 0 Å². The highest BCUT2D eigenvalue weighted by Crippen LogP contribution is 2.31. The lowest BCUT2D eigenvalue weighted by molar-refractivity contribution is -0.114. The largest absolute Gasteiger partial charge is 0.370 e. The third-order valence-corrected chi connectivity index (χ3v) is 5.94. The molecular weight excluding hydrogens is 324 g/mol. The Kier molecular flexibility index (Phi) is 6.30. The summed E-state index contributed by atoms with van der Waals surface area (Å²) in [7, 11) is 1.66. The molecule has 5 nitrogen and oxygen atoms in total. The Morgan fingerprint density at radius 3 is 2.73 bits per heavy atom. The molecule has 2 aliphatic rings. The van der Waals surface area contributed by atoms with Gasteiger partial charge < -0.3 is 15.8 Å². The molecular formula is C21H32N4O. The Labute approximate surface area is 157 Å². The molecule has 0 bridgehead atoms. The number of aliphatic imine (C=N–C) groups is 1. The molecule has 1 atom stereocenters. The molecule has 0 spiro atoms. The van der Waals surface area contributed by atoms with E-state index in [9.17, 15) is 4.79 Å². The summed E-state index contributed by atoms with van der Waals surface area (Å²) in [5, 5.41) is 3.27. The number of hydrogen-bond donors (Lipinski definition) is 2. The van der Waals surface area contributed by atoms with Crippen LogP contribution in [-0.4, -0.2) is 42.8 Å². The first-order valence-electron chi connectivity index (χ1n) is 9.90. The maximum absolute atomic E-state index is 12.3. The summed E-state index contributed by atoms with van der Waals surface area (Å²) >= 11 is 0. The van der Waals surface area contributed by atoms with Crippen LogP contribution in [0.5, 0.6) is 0 Å². The predicted molar refractivity (Wildman–Crippen MR) is 106 cm³/mol. The minimum absolute atomic E-state index is 0.352. The van der Waals surface area contributed by atoms with Crippen LogP contribution >= 0.6 is 0 Å². The van der Waals surface area contributed by atoms with E-state index in [4.69, 9.17) is 5.73 Å². The minimum atomic E-state index is -0.655. The van der Waals surface area contributed by atoms with E-state index in [1.54, 1.807) is 7.05 Å². The highest BCUT2D eigenvalue weighted by molar-refractivity contribution is 5.83. The van der Waals surface area contributed by atoms with E-state index in [1.165, 1.54) is 43.2 Å². The normalized spacial score (nSPS) is 21.7. The second kappa shape index (κ2) is 8.67. The van der Waals surface area contributed by atoms with Gasteiger partial charge in [-0.05, 0) is 29.9 Å². The molecule has 5 heteroatoms. The Hall–Kier alpha value is -1.88. The number of carbonyl (C=O) groups excluding carboxylic acids is 1. The number of nitrogens with two attached hydrogens (primary N) is 1. The molecule has 1 aromatic rings. The van der Waals surface area contributed by atoms with Gasteiger partial charge in [-0.1, -0.05) is 56.4 Å². The standard InChI is InChI=1S/C21H32N4O/c1-23-20(22)24-21(16-26,13-17-7-3-2-4-8-17)15-25-12-11-18-9-5-6-10-19(18)14-25/h5-6,9-10,16-17H,2-4,7-8,11-15H2,1H3,(H3,22,23,24). The number of benzene rings is 1. The van der Waals surface area contributed by atoms with Gasteiger partial charge in [0.2, 0.25) is 0 Å². The van der Waals surface area contributed by atoms with E-state index >= 15 is 0 Å². The number of aldehydes is 1. The summed E-state index contributed by atoms with van der Waals surface area (Å²) < 4.78 is 0. The predicted octanol–water partition coefficient (Wildman–Crippen LogP) is 2.49. The van der Waals surface area contributed by atoms with Crippen LogP contribution in [0.25, 0.3) is 0 Å². The topological polar surface area (TPSA) is 70.7 Å². The second-order valence-corrected chi connectivity index (χ2v) is 7.95. The minimum Gasteiger partial charge on any atom is -0.370 e. The molecule has 1 unspecified atom stereocenters. The van der Waals surface area contributed by atoms with Gasteiger partial charge in [0, 0.05) is 26.7 Å². The van der Waals surface area contributed by atoms with Crippen molar-refractivity contribution in [3.05, 3.63) is 35.4 Å². The fourth-order valence-electron chi connectivity index (χ4n) is 4.58. The summed E-state index contributed by atoms with van der Waals surface area (Å²) in [4.78, 5) is 18.7. The Bertz CT molecular complexity index is 639. The number of nitrogens with one attached hydrogen (secondary N) is 1. The van der Waals surface area contributed by atoms with E-state index in [0.29, 0.717) is 18.4 Å². The molecule has 1 saturated carbocycles. The van der Waals surface area contributed by atoms with E-state index in [1.807, 2.05) is 0 Å². The summed E-state index contributed by atoms with van der Waals surface area (Å²) in [5.41, 5.74) is 8.12. The fraction of sp³-hybridized carbons (Fsp3) is 0.619.